The van der Waals surface area contributed by atoms with Crippen molar-refractivity contribution in [3.63, 3.8) is 0 Å². The van der Waals surface area contributed by atoms with Gasteiger partial charge in [-0.25, -0.2) is 9.78 Å². The molecule has 0 aliphatic heterocycles. The number of aromatic nitrogens is 1. The van der Waals surface area contributed by atoms with E-state index in [-0.39, 0.29) is 11.5 Å². The first-order valence-electron chi connectivity index (χ1n) is 7.35. The highest BCUT2D eigenvalue weighted by molar-refractivity contribution is 5.93. The van der Waals surface area contributed by atoms with E-state index in [0.29, 0.717) is 28.0 Å². The number of carbonyl (C=O) groups is 1. The summed E-state index contributed by atoms with van der Waals surface area (Å²) in [6, 6.07) is 9.86. The third-order valence-corrected chi connectivity index (χ3v) is 4.00. The van der Waals surface area contributed by atoms with Gasteiger partial charge >= 0.3 is 5.97 Å². The highest BCUT2D eigenvalue weighted by Gasteiger charge is 2.32. The molecular weight excluding hydrogens is 310 g/mol. The number of nitrogens with zero attached hydrogens (tertiary/aromatic N) is 1. The van der Waals surface area contributed by atoms with Crippen LogP contribution in [0.15, 0.2) is 40.8 Å². The summed E-state index contributed by atoms with van der Waals surface area (Å²) in [5.41, 5.74) is 0.782. The zero-order valence-corrected chi connectivity index (χ0v) is 13.5. The Bertz CT molecular complexity index is 909. The second kappa shape index (κ2) is 5.65. The van der Waals surface area contributed by atoms with Crippen molar-refractivity contribution in [3.8, 4) is 5.75 Å². The number of aliphatic hydroxyl groups is 1. The van der Waals surface area contributed by atoms with Crippen LogP contribution in [0.25, 0.3) is 11.1 Å². The van der Waals surface area contributed by atoms with E-state index in [1.54, 1.807) is 45.2 Å². The lowest BCUT2D eigenvalue weighted by Gasteiger charge is -2.20. The van der Waals surface area contributed by atoms with E-state index in [0.717, 1.165) is 0 Å². The largest absolute Gasteiger partial charge is 0.497 e. The summed E-state index contributed by atoms with van der Waals surface area (Å²) in [7, 11) is 1.57. The molecule has 3 aromatic rings. The molecule has 3 rings (SSSR count). The van der Waals surface area contributed by atoms with Crippen molar-refractivity contribution in [2.24, 2.45) is 0 Å². The van der Waals surface area contributed by atoms with Crippen molar-refractivity contribution in [3.05, 3.63) is 59.0 Å². The molecule has 0 fully saturated rings. The molecule has 1 heterocycles. The number of aromatic carboxylic acids is 1. The second-order valence-corrected chi connectivity index (χ2v) is 5.76. The summed E-state index contributed by atoms with van der Waals surface area (Å²) in [6.07, 6.45) is 0. The van der Waals surface area contributed by atoms with Gasteiger partial charge in [0.2, 0.25) is 5.89 Å². The van der Waals surface area contributed by atoms with Crippen LogP contribution >= 0.6 is 0 Å². The first-order valence-corrected chi connectivity index (χ1v) is 7.35. The van der Waals surface area contributed by atoms with Crippen LogP contribution in [0, 0.1) is 6.92 Å². The van der Waals surface area contributed by atoms with E-state index in [1.165, 1.54) is 12.1 Å². The Hall–Kier alpha value is -2.86. The Morgan fingerprint density at radius 3 is 2.50 bits per heavy atom. The lowest BCUT2D eigenvalue weighted by molar-refractivity contribution is 0.0697. The summed E-state index contributed by atoms with van der Waals surface area (Å²) < 4.78 is 10.8. The topological polar surface area (TPSA) is 92.8 Å². The van der Waals surface area contributed by atoms with Gasteiger partial charge in [-0.3, -0.25) is 0 Å². The maximum Gasteiger partial charge on any atom is 0.335 e. The Kier molecular flexibility index (Phi) is 3.77. The Labute approximate surface area is 138 Å². The van der Waals surface area contributed by atoms with Crippen LogP contribution in [0.5, 0.6) is 5.75 Å². The van der Waals surface area contributed by atoms with E-state index in [4.69, 9.17) is 14.3 Å². The van der Waals surface area contributed by atoms with Crippen molar-refractivity contribution in [2.45, 2.75) is 19.4 Å². The standard InChI is InChI=1S/C18H17NO5/c1-10-8-11(16(20)21)9-14-15(10)19-17(24-14)18(2,22)12-4-6-13(23-3)7-5-12/h4-9,22H,1-3H3,(H,20,21)/t18-/m1/s1. The maximum absolute atomic E-state index is 11.2. The van der Waals surface area contributed by atoms with Crippen LogP contribution in [0.4, 0.5) is 0 Å². The molecule has 0 radical (unpaired) electrons. The molecule has 1 aromatic heterocycles. The van der Waals surface area contributed by atoms with E-state index in [1.807, 2.05) is 0 Å². The smallest absolute Gasteiger partial charge is 0.335 e. The number of oxazole rings is 1. The van der Waals surface area contributed by atoms with Gasteiger partial charge in [-0.05, 0) is 49.2 Å². The number of methoxy groups -OCH3 is 1. The van der Waals surface area contributed by atoms with E-state index in [2.05, 4.69) is 4.98 Å². The van der Waals surface area contributed by atoms with Crippen LogP contribution in [0.2, 0.25) is 0 Å². The van der Waals surface area contributed by atoms with Crippen molar-refractivity contribution >= 4 is 17.1 Å². The molecule has 0 aliphatic rings. The van der Waals surface area contributed by atoms with Gasteiger partial charge in [-0.2, -0.15) is 0 Å². The average molecular weight is 327 g/mol. The summed E-state index contributed by atoms with van der Waals surface area (Å²) in [6.45, 7) is 3.33. The number of ether oxygens (including phenoxy) is 1. The van der Waals surface area contributed by atoms with Gasteiger partial charge in [-0.15, -0.1) is 0 Å². The summed E-state index contributed by atoms with van der Waals surface area (Å²) in [5, 5.41) is 20.0. The number of carboxylic acids is 1. The van der Waals surface area contributed by atoms with Crippen molar-refractivity contribution in [2.75, 3.05) is 7.11 Å². The molecule has 6 nitrogen and oxygen atoms in total. The van der Waals surface area contributed by atoms with Crippen LogP contribution < -0.4 is 4.74 Å². The molecule has 24 heavy (non-hydrogen) atoms. The maximum atomic E-state index is 11.2. The minimum atomic E-state index is -1.46. The fourth-order valence-electron chi connectivity index (χ4n) is 2.57. The molecule has 0 saturated heterocycles. The zero-order valence-electron chi connectivity index (χ0n) is 13.5. The quantitative estimate of drug-likeness (QED) is 0.765. The normalized spacial score (nSPS) is 13.7. The van der Waals surface area contributed by atoms with Gasteiger partial charge in [0.15, 0.2) is 11.2 Å². The molecular formula is C18H17NO5. The van der Waals surface area contributed by atoms with Gasteiger partial charge in [0.25, 0.3) is 0 Å². The SMILES string of the molecule is COc1ccc([C@@](C)(O)c2nc3c(C)cc(C(=O)O)cc3o2)cc1. The van der Waals surface area contributed by atoms with Crippen LogP contribution in [-0.4, -0.2) is 28.3 Å². The highest BCUT2D eigenvalue weighted by atomic mass is 16.5. The fraction of sp³-hybridized carbons (Fsp3) is 0.222. The third kappa shape index (κ3) is 2.61. The molecule has 2 aromatic carbocycles. The molecule has 6 heteroatoms. The average Bonchev–Trinajstić information content (AvgIpc) is 3.00. The Morgan fingerprint density at radius 1 is 1.25 bits per heavy atom. The number of fused-ring (bicyclic) bond motifs is 1. The number of carboxylic acid groups (broad SMARTS) is 1. The predicted octanol–water partition coefficient (Wildman–Crippen LogP) is 3.10. The number of hydrogen-bond acceptors (Lipinski definition) is 5. The fourth-order valence-corrected chi connectivity index (χ4v) is 2.57. The Morgan fingerprint density at radius 2 is 1.92 bits per heavy atom. The first-order chi connectivity index (χ1) is 11.3. The van der Waals surface area contributed by atoms with E-state index in [9.17, 15) is 9.90 Å². The molecule has 0 amide bonds. The summed E-state index contributed by atoms with van der Waals surface area (Å²) in [5.74, 6) is -0.262. The monoisotopic (exact) mass is 327 g/mol. The number of rotatable bonds is 4. The van der Waals surface area contributed by atoms with Gasteiger partial charge < -0.3 is 19.4 Å². The van der Waals surface area contributed by atoms with Crippen molar-refractivity contribution < 1.29 is 24.2 Å². The van der Waals surface area contributed by atoms with Gasteiger partial charge in [-0.1, -0.05) is 12.1 Å². The molecule has 1 atom stereocenters. The van der Waals surface area contributed by atoms with Gasteiger partial charge in [0.05, 0.1) is 12.7 Å². The van der Waals surface area contributed by atoms with Crippen LogP contribution in [0.3, 0.4) is 0 Å². The van der Waals surface area contributed by atoms with Crippen molar-refractivity contribution in [1.82, 2.24) is 4.98 Å². The highest BCUT2D eigenvalue weighted by Crippen LogP contribution is 2.33. The first kappa shape index (κ1) is 16.0. The van der Waals surface area contributed by atoms with Gasteiger partial charge in [0, 0.05) is 0 Å². The number of hydrogen-bond donors (Lipinski definition) is 2. The minimum absolute atomic E-state index is 0.105. The molecule has 124 valence electrons. The number of aryl methyl sites for hydroxylation is 1. The molecule has 0 aliphatic carbocycles. The Balaban J connectivity index is 2.10. The number of benzene rings is 2. The molecule has 0 unspecified atom stereocenters. The lowest BCUT2D eigenvalue weighted by Crippen LogP contribution is -2.23. The predicted molar refractivity (Wildman–Crippen MR) is 87.4 cm³/mol. The molecule has 0 spiro atoms. The van der Waals surface area contributed by atoms with Gasteiger partial charge in [0.1, 0.15) is 11.3 Å². The molecule has 2 N–H and O–H groups in total. The van der Waals surface area contributed by atoms with Crippen molar-refractivity contribution in [1.29, 1.82) is 0 Å². The second-order valence-electron chi connectivity index (χ2n) is 5.76. The lowest BCUT2D eigenvalue weighted by atomic mass is 9.96. The molecule has 0 saturated carbocycles. The van der Waals surface area contributed by atoms with E-state index >= 15 is 0 Å². The molecule has 0 bridgehead atoms. The minimum Gasteiger partial charge on any atom is -0.497 e. The van der Waals surface area contributed by atoms with Crippen LogP contribution in [0.1, 0.15) is 34.3 Å². The van der Waals surface area contributed by atoms with Crippen LogP contribution in [-0.2, 0) is 5.60 Å². The van der Waals surface area contributed by atoms with E-state index < -0.39 is 11.6 Å². The summed E-state index contributed by atoms with van der Waals surface area (Å²) in [4.78, 5) is 15.5. The summed E-state index contributed by atoms with van der Waals surface area (Å²) >= 11 is 0. The zero-order chi connectivity index (χ0) is 17.5. The third-order valence-electron chi connectivity index (χ3n) is 4.00.